The Morgan fingerprint density at radius 2 is 1.97 bits per heavy atom. The predicted molar refractivity (Wildman–Crippen MR) is 140 cm³/mol. The maximum atomic E-state index is 14.3. The lowest BCUT2D eigenvalue weighted by Crippen LogP contribution is -2.56. The molecule has 8 nitrogen and oxygen atoms in total. The molecule has 1 N–H and O–H groups in total. The molecule has 5 atom stereocenters. The summed E-state index contributed by atoms with van der Waals surface area (Å²) >= 11 is 6.08. The van der Waals surface area contributed by atoms with Gasteiger partial charge in [0.2, 0.25) is 5.91 Å². The molecule has 0 radical (unpaired) electrons. The number of carbonyl (C=O) groups excluding carboxylic acids is 3. The standard InChI is InChI=1S/C28H35ClN2O6/c1-4-6-18-36-26(35)22-21-24(33)31(16-7-8-17-32)23(28(21)14-13-27(22,3)37-28)25(34)30(15-5-2)20-11-9-19(29)10-12-20/h4-5,9-12,21-23,32H,1-2,6-8,13-18H2,3H3/t21-,22+,23?,27-,28?/m0/s1. The van der Waals surface area contributed by atoms with Crippen LogP contribution < -0.4 is 4.90 Å². The van der Waals surface area contributed by atoms with Gasteiger partial charge in [-0.25, -0.2) is 0 Å². The highest BCUT2D eigenvalue weighted by atomic mass is 35.5. The summed E-state index contributed by atoms with van der Waals surface area (Å²) in [6.07, 6.45) is 5.82. The van der Waals surface area contributed by atoms with E-state index in [-0.39, 0.29) is 38.1 Å². The molecule has 3 heterocycles. The number of carbonyl (C=O) groups is 3. The fourth-order valence-corrected chi connectivity index (χ4v) is 6.38. The second-order valence-corrected chi connectivity index (χ2v) is 10.6. The van der Waals surface area contributed by atoms with E-state index in [1.54, 1.807) is 46.2 Å². The zero-order valence-corrected chi connectivity index (χ0v) is 22.0. The maximum absolute atomic E-state index is 14.3. The van der Waals surface area contributed by atoms with Crippen molar-refractivity contribution in [1.82, 2.24) is 4.90 Å². The fourth-order valence-electron chi connectivity index (χ4n) is 6.25. The zero-order chi connectivity index (χ0) is 26.8. The van der Waals surface area contributed by atoms with Crippen LogP contribution in [0, 0.1) is 11.8 Å². The van der Waals surface area contributed by atoms with Crippen molar-refractivity contribution in [3.63, 3.8) is 0 Å². The number of rotatable bonds is 12. The molecule has 3 saturated heterocycles. The van der Waals surface area contributed by atoms with Gasteiger partial charge in [-0.1, -0.05) is 23.8 Å². The third-order valence-corrected chi connectivity index (χ3v) is 8.11. The van der Waals surface area contributed by atoms with E-state index in [1.807, 2.05) is 6.92 Å². The average molecular weight is 531 g/mol. The van der Waals surface area contributed by atoms with Crippen LogP contribution in [0.2, 0.25) is 5.02 Å². The number of ether oxygens (including phenoxy) is 2. The first-order chi connectivity index (χ1) is 17.7. The number of likely N-dealkylation sites (tertiary alicyclic amines) is 1. The molecule has 0 aromatic heterocycles. The van der Waals surface area contributed by atoms with Crippen molar-refractivity contribution in [2.45, 2.75) is 56.3 Å². The minimum Gasteiger partial charge on any atom is -0.465 e. The van der Waals surface area contributed by atoms with Gasteiger partial charge in [0.15, 0.2) is 0 Å². The molecule has 0 saturated carbocycles. The first-order valence-electron chi connectivity index (χ1n) is 12.8. The van der Waals surface area contributed by atoms with Crippen LogP contribution in [0.25, 0.3) is 0 Å². The summed E-state index contributed by atoms with van der Waals surface area (Å²) in [5, 5.41) is 9.87. The van der Waals surface area contributed by atoms with Crippen LogP contribution in [-0.2, 0) is 23.9 Å². The van der Waals surface area contributed by atoms with Crippen molar-refractivity contribution in [3.8, 4) is 0 Å². The molecule has 2 bridgehead atoms. The minimum absolute atomic E-state index is 0.0184. The minimum atomic E-state index is -1.14. The Kier molecular flexibility index (Phi) is 8.11. The molecule has 37 heavy (non-hydrogen) atoms. The zero-order valence-electron chi connectivity index (χ0n) is 21.2. The van der Waals surface area contributed by atoms with Gasteiger partial charge in [-0.05, 0) is 63.3 Å². The molecule has 1 aromatic carbocycles. The van der Waals surface area contributed by atoms with Crippen LogP contribution in [0.1, 0.15) is 39.0 Å². The molecule has 3 aliphatic heterocycles. The molecule has 9 heteroatoms. The van der Waals surface area contributed by atoms with E-state index < -0.39 is 35.0 Å². The van der Waals surface area contributed by atoms with E-state index in [1.165, 1.54) is 0 Å². The van der Waals surface area contributed by atoms with Gasteiger partial charge in [-0.3, -0.25) is 14.4 Å². The number of aliphatic hydroxyl groups is 1. The second kappa shape index (κ2) is 11.0. The van der Waals surface area contributed by atoms with Gasteiger partial charge in [0, 0.05) is 30.4 Å². The monoisotopic (exact) mass is 530 g/mol. The third-order valence-electron chi connectivity index (χ3n) is 7.85. The normalized spacial score (nSPS) is 29.8. The molecule has 1 aromatic rings. The molecule has 3 fully saturated rings. The number of esters is 1. The summed E-state index contributed by atoms with van der Waals surface area (Å²) < 4.78 is 12.1. The quantitative estimate of drug-likeness (QED) is 0.252. The molecule has 2 amide bonds. The first-order valence-corrected chi connectivity index (χ1v) is 13.2. The number of anilines is 1. The highest BCUT2D eigenvalue weighted by Gasteiger charge is 2.78. The lowest BCUT2D eigenvalue weighted by Gasteiger charge is -2.36. The van der Waals surface area contributed by atoms with Crippen molar-refractivity contribution in [3.05, 3.63) is 54.6 Å². The lowest BCUT2D eigenvalue weighted by molar-refractivity contribution is -0.159. The van der Waals surface area contributed by atoms with Crippen LogP contribution >= 0.6 is 11.6 Å². The van der Waals surface area contributed by atoms with E-state index in [2.05, 4.69) is 13.2 Å². The van der Waals surface area contributed by atoms with E-state index in [9.17, 15) is 19.5 Å². The van der Waals surface area contributed by atoms with Gasteiger partial charge >= 0.3 is 5.97 Å². The number of amides is 2. The Labute approximate surface area is 222 Å². The van der Waals surface area contributed by atoms with Crippen LogP contribution in [0.15, 0.2) is 49.6 Å². The molecule has 200 valence electrons. The van der Waals surface area contributed by atoms with Gasteiger partial charge in [-0.15, -0.1) is 13.2 Å². The van der Waals surface area contributed by atoms with Crippen molar-refractivity contribution in [2.24, 2.45) is 11.8 Å². The van der Waals surface area contributed by atoms with E-state index in [0.717, 1.165) is 0 Å². The molecule has 2 unspecified atom stereocenters. The lowest BCUT2D eigenvalue weighted by atomic mass is 9.66. The Morgan fingerprint density at radius 1 is 1.24 bits per heavy atom. The number of unbranched alkanes of at least 4 members (excludes halogenated alkanes) is 1. The average Bonchev–Trinajstić information content (AvgIpc) is 3.44. The van der Waals surface area contributed by atoms with E-state index >= 15 is 0 Å². The van der Waals surface area contributed by atoms with Crippen molar-refractivity contribution in [2.75, 3.05) is 31.2 Å². The third kappa shape index (κ3) is 4.71. The Morgan fingerprint density at radius 3 is 2.62 bits per heavy atom. The Bertz CT molecular complexity index is 1060. The number of benzene rings is 1. The Balaban J connectivity index is 1.74. The molecule has 4 rings (SSSR count). The summed E-state index contributed by atoms with van der Waals surface area (Å²) in [6.45, 7) is 9.96. The molecule has 1 spiro atoms. The van der Waals surface area contributed by atoms with Crippen LogP contribution in [0.3, 0.4) is 0 Å². The van der Waals surface area contributed by atoms with Crippen LogP contribution in [-0.4, -0.2) is 71.3 Å². The molecular formula is C28H35ClN2O6. The van der Waals surface area contributed by atoms with Crippen molar-refractivity contribution >= 4 is 35.1 Å². The van der Waals surface area contributed by atoms with Gasteiger partial charge in [0.25, 0.3) is 5.91 Å². The highest BCUT2D eigenvalue weighted by molar-refractivity contribution is 6.30. The smallest absolute Gasteiger partial charge is 0.312 e. The predicted octanol–water partition coefficient (Wildman–Crippen LogP) is 3.52. The summed E-state index contributed by atoms with van der Waals surface area (Å²) in [4.78, 5) is 44.7. The first kappa shape index (κ1) is 27.4. The number of aliphatic hydroxyl groups excluding tert-OH is 1. The maximum Gasteiger partial charge on any atom is 0.312 e. The van der Waals surface area contributed by atoms with Crippen molar-refractivity contribution < 1.29 is 29.0 Å². The number of nitrogens with zero attached hydrogens (tertiary/aromatic N) is 2. The van der Waals surface area contributed by atoms with Gasteiger partial charge in [0.05, 0.1) is 18.1 Å². The fraction of sp³-hybridized carbons (Fsp3) is 0.536. The topological polar surface area (TPSA) is 96.4 Å². The summed E-state index contributed by atoms with van der Waals surface area (Å²) in [6, 6.07) is 5.98. The van der Waals surface area contributed by atoms with Gasteiger partial charge in [0.1, 0.15) is 17.6 Å². The van der Waals surface area contributed by atoms with Crippen LogP contribution in [0.5, 0.6) is 0 Å². The SMILES string of the molecule is C=CCCOC(=O)[C@H]1[C@H]2C(=O)N(CCCCO)C(C(=O)N(CC=C)c3ccc(Cl)cc3)C23CC[C@]1(C)O3. The van der Waals surface area contributed by atoms with Gasteiger partial charge < -0.3 is 24.4 Å². The summed E-state index contributed by atoms with van der Waals surface area (Å²) in [5.41, 5.74) is -1.42. The number of hydrogen-bond donors (Lipinski definition) is 1. The summed E-state index contributed by atoms with van der Waals surface area (Å²) in [5.74, 6) is -2.68. The Hall–Kier alpha value is -2.68. The molecule has 0 aliphatic carbocycles. The number of fused-ring (bicyclic) bond motifs is 1. The number of hydrogen-bond acceptors (Lipinski definition) is 6. The molecule has 3 aliphatic rings. The second-order valence-electron chi connectivity index (χ2n) is 10.1. The highest BCUT2D eigenvalue weighted by Crippen LogP contribution is 2.63. The summed E-state index contributed by atoms with van der Waals surface area (Å²) in [7, 11) is 0. The van der Waals surface area contributed by atoms with Crippen LogP contribution in [0.4, 0.5) is 5.69 Å². The van der Waals surface area contributed by atoms with Crippen molar-refractivity contribution in [1.29, 1.82) is 0 Å². The molecular weight excluding hydrogens is 496 g/mol. The van der Waals surface area contributed by atoms with E-state index in [4.69, 9.17) is 21.1 Å². The number of halogens is 1. The largest absolute Gasteiger partial charge is 0.465 e. The van der Waals surface area contributed by atoms with Gasteiger partial charge in [-0.2, -0.15) is 0 Å². The van der Waals surface area contributed by atoms with E-state index in [0.29, 0.717) is 42.8 Å².